The minimum atomic E-state index is -1.79. The maximum atomic E-state index is 13.5. The lowest BCUT2D eigenvalue weighted by Gasteiger charge is -2.28. The number of unbranched alkanes of at least 4 members (excludes halogenated alkanes) is 1. The lowest BCUT2D eigenvalue weighted by atomic mass is 10.3. The first kappa shape index (κ1) is 12.1. The normalized spacial score (nSPS) is 22.2. The lowest BCUT2D eigenvalue weighted by molar-refractivity contribution is 0.0130. The summed E-state index contributed by atoms with van der Waals surface area (Å²) >= 11 is 16.6. The van der Waals surface area contributed by atoms with Gasteiger partial charge in [-0.3, -0.25) is 4.90 Å². The zero-order valence-electron chi connectivity index (χ0n) is 7.63. The maximum Gasteiger partial charge on any atom is 0.272 e. The molecule has 0 bridgehead atoms. The highest BCUT2D eigenvalue weighted by atomic mass is 35.6. The molecule has 1 heterocycles. The smallest absolute Gasteiger partial charge is 0.267 e. The molecule has 0 spiro atoms. The molecule has 0 amide bonds. The molecule has 14 heavy (non-hydrogen) atoms. The Labute approximate surface area is 97.4 Å². The van der Waals surface area contributed by atoms with Crippen LogP contribution in [0, 0.1) is 0 Å². The molecule has 1 aliphatic rings. The van der Waals surface area contributed by atoms with Crippen LogP contribution in [0.4, 0.5) is 4.39 Å². The summed E-state index contributed by atoms with van der Waals surface area (Å²) in [6.07, 6.45) is 1.53. The molecule has 0 aromatic heterocycles. The van der Waals surface area contributed by atoms with Gasteiger partial charge in [-0.05, 0) is 6.42 Å². The number of rotatable bonds is 3. The fraction of sp³-hybridized carbons (Fsp3) is 0.857. The van der Waals surface area contributed by atoms with Gasteiger partial charge in [-0.25, -0.2) is 5.01 Å². The molecule has 0 N–H and O–H groups in total. The van der Waals surface area contributed by atoms with E-state index in [1.54, 1.807) is 0 Å². The van der Waals surface area contributed by atoms with Gasteiger partial charge >= 0.3 is 0 Å². The highest BCUT2D eigenvalue weighted by Gasteiger charge is 2.39. The highest BCUT2D eigenvalue weighted by Crippen LogP contribution is 2.34. The van der Waals surface area contributed by atoms with Crippen molar-refractivity contribution in [2.24, 2.45) is 5.10 Å². The van der Waals surface area contributed by atoms with Gasteiger partial charge in [0.15, 0.2) is 0 Å². The SMILES string of the molecule is CCCCN1N=CN(C(Cl)(Cl)Cl)C1F. The van der Waals surface area contributed by atoms with E-state index in [-0.39, 0.29) is 0 Å². The second kappa shape index (κ2) is 4.73. The van der Waals surface area contributed by atoms with Crippen LogP contribution in [0.5, 0.6) is 0 Å². The van der Waals surface area contributed by atoms with Crippen molar-refractivity contribution >= 4 is 41.1 Å². The van der Waals surface area contributed by atoms with Gasteiger partial charge in [0.25, 0.3) is 10.3 Å². The van der Waals surface area contributed by atoms with E-state index in [1.807, 2.05) is 6.92 Å². The number of halogens is 4. The fourth-order valence-corrected chi connectivity index (χ4v) is 1.42. The first-order chi connectivity index (χ1) is 6.46. The Morgan fingerprint density at radius 2 is 2.14 bits per heavy atom. The predicted octanol–water partition coefficient (Wildman–Crippen LogP) is 2.93. The average Bonchev–Trinajstić information content (AvgIpc) is 2.42. The molecule has 0 aromatic carbocycles. The van der Waals surface area contributed by atoms with Crippen molar-refractivity contribution in [3.05, 3.63) is 0 Å². The van der Waals surface area contributed by atoms with E-state index < -0.39 is 10.3 Å². The minimum Gasteiger partial charge on any atom is -0.267 e. The molecule has 0 aliphatic carbocycles. The maximum absolute atomic E-state index is 13.5. The van der Waals surface area contributed by atoms with Crippen molar-refractivity contribution < 1.29 is 4.39 Å². The van der Waals surface area contributed by atoms with Gasteiger partial charge in [-0.15, -0.1) is 0 Å². The molecule has 0 saturated heterocycles. The summed E-state index contributed by atoms with van der Waals surface area (Å²) in [4.78, 5) is 0.938. The number of nitrogens with zero attached hydrogens (tertiary/aromatic N) is 3. The number of hydrazone groups is 1. The fourth-order valence-electron chi connectivity index (χ4n) is 1.05. The van der Waals surface area contributed by atoms with Crippen LogP contribution in [0.1, 0.15) is 19.8 Å². The summed E-state index contributed by atoms with van der Waals surface area (Å²) in [7, 11) is 0. The highest BCUT2D eigenvalue weighted by molar-refractivity contribution is 6.67. The van der Waals surface area contributed by atoms with Gasteiger partial charge in [-0.2, -0.15) is 9.49 Å². The van der Waals surface area contributed by atoms with E-state index in [9.17, 15) is 4.39 Å². The number of hydrogen-bond donors (Lipinski definition) is 0. The Hall–Kier alpha value is 0.0700. The molecular weight excluding hydrogens is 251 g/mol. The second-order valence-electron chi connectivity index (χ2n) is 2.93. The number of hydrogen-bond acceptors (Lipinski definition) is 3. The molecule has 0 aromatic rings. The summed E-state index contributed by atoms with van der Waals surface area (Å²) in [6, 6.07) is 0. The third kappa shape index (κ3) is 2.78. The quantitative estimate of drug-likeness (QED) is 0.575. The molecule has 7 heteroatoms. The molecular formula is C7H11Cl3FN3. The Bertz CT molecular complexity index is 219. The summed E-state index contributed by atoms with van der Waals surface area (Å²) in [5.41, 5.74) is 0. The first-order valence-corrected chi connectivity index (χ1v) is 5.40. The van der Waals surface area contributed by atoms with Crippen LogP contribution < -0.4 is 0 Å². The van der Waals surface area contributed by atoms with Crippen molar-refractivity contribution in [3.63, 3.8) is 0 Å². The summed E-state index contributed by atoms with van der Waals surface area (Å²) in [6.45, 7) is 2.53. The standard InChI is InChI=1S/C7H11Cl3FN3/c1-2-3-4-14-6(11)13(5-12-14)7(8,9)10/h5-6H,2-4H2,1H3. The van der Waals surface area contributed by atoms with Crippen LogP contribution in [0.2, 0.25) is 0 Å². The van der Waals surface area contributed by atoms with Crippen LogP contribution >= 0.6 is 34.8 Å². The van der Waals surface area contributed by atoms with Gasteiger partial charge in [-0.1, -0.05) is 48.1 Å². The van der Waals surface area contributed by atoms with E-state index in [0.29, 0.717) is 6.54 Å². The zero-order valence-corrected chi connectivity index (χ0v) is 9.90. The largest absolute Gasteiger partial charge is 0.272 e. The summed E-state index contributed by atoms with van der Waals surface area (Å²) in [5, 5.41) is 5.06. The van der Waals surface area contributed by atoms with Crippen molar-refractivity contribution in [3.8, 4) is 0 Å². The van der Waals surface area contributed by atoms with Crippen molar-refractivity contribution in [2.75, 3.05) is 6.54 Å². The zero-order chi connectivity index (χ0) is 10.8. The van der Waals surface area contributed by atoms with Crippen molar-refractivity contribution in [1.29, 1.82) is 0 Å². The van der Waals surface area contributed by atoms with Crippen LogP contribution in [0.15, 0.2) is 5.10 Å². The van der Waals surface area contributed by atoms with Crippen LogP contribution in [-0.4, -0.2) is 33.1 Å². The molecule has 0 radical (unpaired) electrons. The second-order valence-corrected chi connectivity index (χ2v) is 5.15. The first-order valence-electron chi connectivity index (χ1n) is 4.26. The van der Waals surface area contributed by atoms with Crippen LogP contribution in [0.3, 0.4) is 0 Å². The van der Waals surface area contributed by atoms with E-state index in [4.69, 9.17) is 34.8 Å². The van der Waals surface area contributed by atoms with E-state index in [2.05, 4.69) is 5.10 Å². The lowest BCUT2D eigenvalue weighted by Crippen LogP contribution is -2.43. The average molecular weight is 263 g/mol. The van der Waals surface area contributed by atoms with E-state index >= 15 is 0 Å². The van der Waals surface area contributed by atoms with Gasteiger partial charge in [0.1, 0.15) is 6.34 Å². The third-order valence-corrected chi connectivity index (χ3v) is 2.42. The van der Waals surface area contributed by atoms with Gasteiger partial charge in [0.05, 0.1) is 0 Å². The van der Waals surface area contributed by atoms with E-state index in [1.165, 1.54) is 11.3 Å². The van der Waals surface area contributed by atoms with Crippen LogP contribution in [0.25, 0.3) is 0 Å². The monoisotopic (exact) mass is 261 g/mol. The Balaban J connectivity index is 2.52. The number of alkyl halides is 4. The molecule has 1 rings (SSSR count). The molecule has 3 nitrogen and oxygen atoms in total. The Kier molecular flexibility index (Phi) is 4.10. The predicted molar refractivity (Wildman–Crippen MR) is 57.1 cm³/mol. The molecule has 1 atom stereocenters. The van der Waals surface area contributed by atoms with Gasteiger partial charge < -0.3 is 0 Å². The molecule has 1 aliphatic heterocycles. The Morgan fingerprint density at radius 1 is 1.50 bits per heavy atom. The molecule has 1 unspecified atom stereocenters. The van der Waals surface area contributed by atoms with E-state index in [0.717, 1.165) is 17.7 Å². The molecule has 82 valence electrons. The van der Waals surface area contributed by atoms with Gasteiger partial charge in [0, 0.05) is 6.54 Å². The summed E-state index contributed by atoms with van der Waals surface area (Å²) < 4.78 is 11.8. The Morgan fingerprint density at radius 3 is 2.57 bits per heavy atom. The molecule has 0 saturated carbocycles. The van der Waals surface area contributed by atoms with Gasteiger partial charge in [0.2, 0.25) is 0 Å². The third-order valence-electron chi connectivity index (χ3n) is 1.83. The topological polar surface area (TPSA) is 18.8 Å². The minimum absolute atomic E-state index is 0.519. The van der Waals surface area contributed by atoms with Crippen molar-refractivity contribution in [2.45, 2.75) is 30.1 Å². The summed E-state index contributed by atoms with van der Waals surface area (Å²) in [5.74, 6) is 0. The van der Waals surface area contributed by atoms with Crippen molar-refractivity contribution in [1.82, 2.24) is 9.91 Å². The van der Waals surface area contributed by atoms with Crippen LogP contribution in [-0.2, 0) is 0 Å². The molecule has 0 fully saturated rings.